The molecule has 0 spiro atoms. The van der Waals surface area contributed by atoms with Crippen molar-refractivity contribution in [2.24, 2.45) is 0 Å². The van der Waals surface area contributed by atoms with E-state index in [2.05, 4.69) is 0 Å². The Labute approximate surface area is 81.1 Å². The highest BCUT2D eigenvalue weighted by atomic mass is 19.1. The Balaban J connectivity index is 2.78. The van der Waals surface area contributed by atoms with Gasteiger partial charge in [-0.25, -0.2) is 4.39 Å². The molecule has 0 fully saturated rings. The fraction of sp³-hybridized carbons (Fsp3) is 0.300. The van der Waals surface area contributed by atoms with Crippen molar-refractivity contribution < 1.29 is 19.0 Å². The van der Waals surface area contributed by atoms with Crippen LogP contribution in [0.2, 0.25) is 0 Å². The molecule has 0 bridgehead atoms. The lowest BCUT2D eigenvalue weighted by Gasteiger charge is -2.04. The highest BCUT2D eigenvalue weighted by Gasteiger charge is 2.06. The van der Waals surface area contributed by atoms with Gasteiger partial charge in [0.25, 0.3) is 0 Å². The molecule has 76 valence electrons. The summed E-state index contributed by atoms with van der Waals surface area (Å²) in [5, 5.41) is 8.44. The van der Waals surface area contributed by atoms with Crippen LogP contribution in [0.3, 0.4) is 0 Å². The first-order chi connectivity index (χ1) is 6.63. The second-order valence-corrected chi connectivity index (χ2v) is 2.85. The van der Waals surface area contributed by atoms with Crippen LogP contribution in [0.1, 0.15) is 12.0 Å². The van der Waals surface area contributed by atoms with Crippen LogP contribution in [0.25, 0.3) is 0 Å². The van der Waals surface area contributed by atoms with Gasteiger partial charge in [-0.3, -0.25) is 4.79 Å². The number of methoxy groups -OCH3 is 1. The van der Waals surface area contributed by atoms with Gasteiger partial charge in [-0.2, -0.15) is 0 Å². The van der Waals surface area contributed by atoms with E-state index in [4.69, 9.17) is 9.84 Å². The quantitative estimate of drug-likeness (QED) is 0.803. The van der Waals surface area contributed by atoms with Gasteiger partial charge in [0.05, 0.1) is 7.11 Å². The van der Waals surface area contributed by atoms with Crippen LogP contribution in [-0.4, -0.2) is 18.2 Å². The number of rotatable bonds is 4. The molecule has 0 aliphatic heterocycles. The maximum absolute atomic E-state index is 13.1. The number of aliphatic carboxylic acids is 1. The largest absolute Gasteiger partial charge is 0.497 e. The first-order valence-corrected chi connectivity index (χ1v) is 4.17. The Bertz CT molecular complexity index is 336. The zero-order chi connectivity index (χ0) is 10.6. The fourth-order valence-corrected chi connectivity index (χ4v) is 1.11. The molecule has 0 aromatic heterocycles. The van der Waals surface area contributed by atoms with Crippen molar-refractivity contribution in [1.82, 2.24) is 0 Å². The number of carboxylic acid groups (broad SMARTS) is 1. The molecule has 4 heteroatoms. The molecule has 0 aliphatic carbocycles. The standard InChI is InChI=1S/C10H11FO3/c1-14-8-3-4-9(11)7(6-8)2-5-10(12)13/h3-4,6H,2,5H2,1H3,(H,12,13). The van der Waals surface area contributed by atoms with Gasteiger partial charge in [0, 0.05) is 6.42 Å². The molecular weight excluding hydrogens is 187 g/mol. The van der Waals surface area contributed by atoms with Gasteiger partial charge in [-0.05, 0) is 30.2 Å². The maximum atomic E-state index is 13.1. The second kappa shape index (κ2) is 4.60. The van der Waals surface area contributed by atoms with Crippen molar-refractivity contribution in [2.75, 3.05) is 7.11 Å². The highest BCUT2D eigenvalue weighted by molar-refractivity contribution is 5.67. The number of aryl methyl sites for hydroxylation is 1. The molecule has 1 N–H and O–H groups in total. The van der Waals surface area contributed by atoms with Crippen LogP contribution in [0, 0.1) is 5.82 Å². The van der Waals surface area contributed by atoms with E-state index >= 15 is 0 Å². The van der Waals surface area contributed by atoms with E-state index in [9.17, 15) is 9.18 Å². The lowest BCUT2D eigenvalue weighted by molar-refractivity contribution is -0.136. The van der Waals surface area contributed by atoms with Crippen molar-refractivity contribution in [3.05, 3.63) is 29.6 Å². The van der Waals surface area contributed by atoms with Crippen molar-refractivity contribution in [3.8, 4) is 5.75 Å². The number of carbonyl (C=O) groups is 1. The molecule has 1 aromatic carbocycles. The average molecular weight is 198 g/mol. The first-order valence-electron chi connectivity index (χ1n) is 4.17. The van der Waals surface area contributed by atoms with Gasteiger partial charge in [0.2, 0.25) is 0 Å². The average Bonchev–Trinajstić information content (AvgIpc) is 2.16. The Kier molecular flexibility index (Phi) is 3.45. The van der Waals surface area contributed by atoms with Gasteiger partial charge in [-0.15, -0.1) is 0 Å². The molecule has 3 nitrogen and oxygen atoms in total. The predicted octanol–water partition coefficient (Wildman–Crippen LogP) is 1.85. The minimum absolute atomic E-state index is 0.0793. The van der Waals surface area contributed by atoms with E-state index in [1.807, 2.05) is 0 Å². The van der Waals surface area contributed by atoms with Crippen molar-refractivity contribution in [3.63, 3.8) is 0 Å². The number of benzene rings is 1. The summed E-state index contributed by atoms with van der Waals surface area (Å²) in [7, 11) is 1.48. The Morgan fingerprint density at radius 2 is 2.29 bits per heavy atom. The van der Waals surface area contributed by atoms with E-state index in [0.29, 0.717) is 11.3 Å². The Morgan fingerprint density at radius 1 is 1.57 bits per heavy atom. The van der Waals surface area contributed by atoms with Crippen LogP contribution in [0.15, 0.2) is 18.2 Å². The number of carboxylic acids is 1. The topological polar surface area (TPSA) is 46.5 Å². The SMILES string of the molecule is COc1ccc(F)c(CCC(=O)O)c1. The second-order valence-electron chi connectivity index (χ2n) is 2.85. The third kappa shape index (κ3) is 2.73. The normalized spacial score (nSPS) is 9.86. The Morgan fingerprint density at radius 3 is 2.86 bits per heavy atom. The smallest absolute Gasteiger partial charge is 0.303 e. The molecule has 1 aromatic rings. The van der Waals surface area contributed by atoms with Gasteiger partial charge < -0.3 is 9.84 Å². The van der Waals surface area contributed by atoms with Crippen molar-refractivity contribution in [1.29, 1.82) is 0 Å². The van der Waals surface area contributed by atoms with E-state index < -0.39 is 11.8 Å². The highest BCUT2D eigenvalue weighted by Crippen LogP contribution is 2.17. The first kappa shape index (κ1) is 10.5. The maximum Gasteiger partial charge on any atom is 0.303 e. The summed E-state index contributed by atoms with van der Waals surface area (Å²) in [6.07, 6.45) is 0.0997. The van der Waals surface area contributed by atoms with Crippen LogP contribution in [0.4, 0.5) is 4.39 Å². The summed E-state index contributed by atoms with van der Waals surface area (Å²) in [6, 6.07) is 4.29. The number of hydrogen-bond acceptors (Lipinski definition) is 2. The molecule has 0 radical (unpaired) electrons. The summed E-state index contributed by atoms with van der Waals surface area (Å²) in [5.74, 6) is -0.800. The molecule has 0 saturated heterocycles. The number of hydrogen-bond donors (Lipinski definition) is 1. The predicted molar refractivity (Wildman–Crippen MR) is 48.9 cm³/mol. The van der Waals surface area contributed by atoms with E-state index in [1.165, 1.54) is 25.3 Å². The zero-order valence-corrected chi connectivity index (χ0v) is 7.79. The minimum Gasteiger partial charge on any atom is -0.497 e. The van der Waals surface area contributed by atoms with Gasteiger partial charge in [0.15, 0.2) is 0 Å². The lowest BCUT2D eigenvalue weighted by atomic mass is 10.1. The van der Waals surface area contributed by atoms with Gasteiger partial charge in [-0.1, -0.05) is 0 Å². The van der Waals surface area contributed by atoms with Crippen LogP contribution in [0.5, 0.6) is 5.75 Å². The van der Waals surface area contributed by atoms with E-state index in [-0.39, 0.29) is 12.8 Å². The van der Waals surface area contributed by atoms with Crippen LogP contribution < -0.4 is 4.74 Å². The van der Waals surface area contributed by atoms with Crippen molar-refractivity contribution >= 4 is 5.97 Å². The van der Waals surface area contributed by atoms with Crippen molar-refractivity contribution in [2.45, 2.75) is 12.8 Å². The lowest BCUT2D eigenvalue weighted by Crippen LogP contribution is -1.99. The molecule has 0 atom stereocenters. The summed E-state index contributed by atoms with van der Waals surface area (Å²) in [5.41, 5.74) is 0.367. The molecule has 14 heavy (non-hydrogen) atoms. The molecule has 0 aliphatic rings. The molecular formula is C10H11FO3. The van der Waals surface area contributed by atoms with E-state index in [1.54, 1.807) is 0 Å². The van der Waals surface area contributed by atoms with Crippen LogP contribution in [-0.2, 0) is 11.2 Å². The number of halogens is 1. The molecule has 0 saturated carbocycles. The van der Waals surface area contributed by atoms with Gasteiger partial charge in [0.1, 0.15) is 11.6 Å². The minimum atomic E-state index is -0.938. The summed E-state index contributed by atoms with van der Waals surface area (Å²) in [6.45, 7) is 0. The van der Waals surface area contributed by atoms with E-state index in [0.717, 1.165) is 0 Å². The third-order valence-corrected chi connectivity index (χ3v) is 1.86. The number of ether oxygens (including phenoxy) is 1. The fourth-order valence-electron chi connectivity index (χ4n) is 1.11. The summed E-state index contributed by atoms with van der Waals surface area (Å²) in [4.78, 5) is 10.3. The monoisotopic (exact) mass is 198 g/mol. The molecule has 0 heterocycles. The van der Waals surface area contributed by atoms with Crippen LogP contribution >= 0.6 is 0 Å². The molecule has 1 rings (SSSR count). The third-order valence-electron chi connectivity index (χ3n) is 1.86. The molecule has 0 unspecified atom stereocenters. The summed E-state index contributed by atoms with van der Waals surface area (Å²) < 4.78 is 18.0. The summed E-state index contributed by atoms with van der Waals surface area (Å²) >= 11 is 0. The van der Waals surface area contributed by atoms with Gasteiger partial charge >= 0.3 is 5.97 Å². The molecule has 0 amide bonds. The zero-order valence-electron chi connectivity index (χ0n) is 7.79. The Hall–Kier alpha value is -1.58.